The Labute approximate surface area is 154 Å². The normalized spacial score (nSPS) is 10.3. The maximum absolute atomic E-state index is 10.0. The number of aromatic nitrogens is 1. The van der Waals surface area contributed by atoms with Crippen molar-refractivity contribution in [2.24, 2.45) is 0 Å². The number of hydrogen-bond acceptors (Lipinski definition) is 3. The average Bonchev–Trinajstić information content (AvgIpc) is 2.54. The molecule has 0 saturated carbocycles. The molecule has 0 aliphatic carbocycles. The molecule has 3 nitrogen and oxygen atoms in total. The first-order chi connectivity index (χ1) is 11.1. The van der Waals surface area contributed by atoms with E-state index in [4.69, 9.17) is 5.11 Å². The minimum absolute atomic E-state index is 0. The predicted octanol–water partition coefficient (Wildman–Crippen LogP) is 4.74. The SMILES string of the molecule is CC(=O)/C=C(/C)O.[Rh].[c-]1ccccc1-c1nccc2ccccc12. The van der Waals surface area contributed by atoms with Gasteiger partial charge in [-0.15, -0.1) is 35.9 Å². The fourth-order valence-corrected chi connectivity index (χ4v) is 2.17. The number of nitrogens with zero attached hydrogens (tertiary/aromatic N) is 1. The number of aliphatic hydroxyl groups excluding tert-OH is 1. The van der Waals surface area contributed by atoms with Crippen molar-refractivity contribution in [1.82, 2.24) is 4.98 Å². The van der Waals surface area contributed by atoms with E-state index in [0.717, 1.165) is 11.3 Å². The standard InChI is InChI=1S/C15H10N.C5H8O2.Rh/c1-2-7-13(8-3-1)15-14-9-5-4-6-12(14)10-11-16-15;1-4(6)3-5(2)7;/h1-7,9-11H;3,6H,1-2H3;/q-1;;/b;4-3-;. The van der Waals surface area contributed by atoms with Gasteiger partial charge in [-0.1, -0.05) is 24.3 Å². The van der Waals surface area contributed by atoms with Crippen LogP contribution >= 0.6 is 0 Å². The Morgan fingerprint density at radius 3 is 2.38 bits per heavy atom. The van der Waals surface area contributed by atoms with Gasteiger partial charge >= 0.3 is 0 Å². The maximum atomic E-state index is 10.0. The zero-order chi connectivity index (χ0) is 16.7. The van der Waals surface area contributed by atoms with Crippen molar-refractivity contribution < 1.29 is 29.4 Å². The van der Waals surface area contributed by atoms with E-state index in [9.17, 15) is 4.79 Å². The number of benzene rings is 2. The van der Waals surface area contributed by atoms with Gasteiger partial charge in [0.2, 0.25) is 0 Å². The smallest absolute Gasteiger partial charge is 0.155 e. The van der Waals surface area contributed by atoms with E-state index < -0.39 is 0 Å². The van der Waals surface area contributed by atoms with Crippen LogP contribution in [0.4, 0.5) is 0 Å². The molecule has 0 aliphatic heterocycles. The molecule has 0 fully saturated rings. The second-order valence-corrected chi connectivity index (χ2v) is 5.05. The summed E-state index contributed by atoms with van der Waals surface area (Å²) < 4.78 is 0. The molecule has 1 radical (unpaired) electrons. The monoisotopic (exact) mass is 407 g/mol. The molecule has 125 valence electrons. The van der Waals surface area contributed by atoms with Gasteiger partial charge in [0.1, 0.15) is 0 Å². The Morgan fingerprint density at radius 2 is 1.79 bits per heavy atom. The molecule has 2 aromatic carbocycles. The number of hydrogen-bond donors (Lipinski definition) is 1. The van der Waals surface area contributed by atoms with Gasteiger partial charge in [-0.2, -0.15) is 0 Å². The summed E-state index contributed by atoms with van der Waals surface area (Å²) in [4.78, 5) is 14.5. The predicted molar refractivity (Wildman–Crippen MR) is 93.1 cm³/mol. The molecule has 3 aromatic rings. The van der Waals surface area contributed by atoms with Crippen LogP contribution in [0.25, 0.3) is 22.0 Å². The molecule has 0 saturated heterocycles. The fourth-order valence-electron chi connectivity index (χ4n) is 2.17. The van der Waals surface area contributed by atoms with Crippen molar-refractivity contribution in [2.75, 3.05) is 0 Å². The second-order valence-electron chi connectivity index (χ2n) is 5.05. The van der Waals surface area contributed by atoms with E-state index in [-0.39, 0.29) is 31.0 Å². The van der Waals surface area contributed by atoms with Crippen LogP contribution in [0.15, 0.2) is 72.6 Å². The van der Waals surface area contributed by atoms with E-state index in [1.807, 2.05) is 48.7 Å². The van der Waals surface area contributed by atoms with Gasteiger partial charge in [-0.25, -0.2) is 0 Å². The minimum Gasteiger partial charge on any atom is -0.512 e. The molecule has 0 bridgehead atoms. The van der Waals surface area contributed by atoms with E-state index >= 15 is 0 Å². The van der Waals surface area contributed by atoms with Crippen LogP contribution in [0.3, 0.4) is 0 Å². The molecule has 4 heteroatoms. The number of pyridine rings is 1. The van der Waals surface area contributed by atoms with Crippen molar-refractivity contribution >= 4 is 16.6 Å². The van der Waals surface area contributed by atoms with Gasteiger partial charge in [0, 0.05) is 31.8 Å². The largest absolute Gasteiger partial charge is 0.512 e. The van der Waals surface area contributed by atoms with E-state index in [0.29, 0.717) is 0 Å². The van der Waals surface area contributed by atoms with Crippen molar-refractivity contribution in [3.05, 3.63) is 78.7 Å². The third kappa shape index (κ3) is 5.71. The summed E-state index contributed by atoms with van der Waals surface area (Å²) in [7, 11) is 0. The number of carbonyl (C=O) groups excluding carboxylic acids is 1. The summed E-state index contributed by atoms with van der Waals surface area (Å²) in [6.45, 7) is 2.85. The first kappa shape index (κ1) is 19.7. The maximum Gasteiger partial charge on any atom is 0.155 e. The molecule has 24 heavy (non-hydrogen) atoms. The van der Waals surface area contributed by atoms with Crippen LogP contribution in [0.2, 0.25) is 0 Å². The molecular weight excluding hydrogens is 389 g/mol. The second kappa shape index (κ2) is 9.74. The summed E-state index contributed by atoms with van der Waals surface area (Å²) in [6.07, 6.45) is 3.01. The number of rotatable bonds is 2. The third-order valence-electron chi connectivity index (χ3n) is 3.05. The van der Waals surface area contributed by atoms with Crippen LogP contribution in [0.5, 0.6) is 0 Å². The van der Waals surface area contributed by atoms with Gasteiger partial charge in [0.05, 0.1) is 5.76 Å². The van der Waals surface area contributed by atoms with Crippen molar-refractivity contribution in [2.45, 2.75) is 13.8 Å². The number of aliphatic hydroxyl groups is 1. The molecule has 0 unspecified atom stereocenters. The van der Waals surface area contributed by atoms with Crippen LogP contribution < -0.4 is 0 Å². The Bertz CT molecular complexity index is 820. The van der Waals surface area contributed by atoms with Crippen molar-refractivity contribution in [3.63, 3.8) is 0 Å². The van der Waals surface area contributed by atoms with Gasteiger partial charge < -0.3 is 10.1 Å². The first-order valence-corrected chi connectivity index (χ1v) is 7.26. The number of ketones is 1. The molecule has 0 atom stereocenters. The molecule has 1 heterocycles. The third-order valence-corrected chi connectivity index (χ3v) is 3.05. The Hall–Kier alpha value is -2.32. The molecule has 0 spiro atoms. The molecule has 1 N–H and O–H groups in total. The average molecular weight is 407 g/mol. The fraction of sp³-hybridized carbons (Fsp3) is 0.100. The number of allylic oxidation sites excluding steroid dienone is 2. The summed E-state index contributed by atoms with van der Waals surface area (Å²) in [5.74, 6) is -0.0625. The number of carbonyl (C=O) groups is 1. The zero-order valence-corrected chi connectivity index (χ0v) is 15.1. The van der Waals surface area contributed by atoms with Crippen LogP contribution in [0, 0.1) is 6.07 Å². The van der Waals surface area contributed by atoms with E-state index in [1.54, 1.807) is 0 Å². The Kier molecular flexibility index (Phi) is 8.01. The van der Waals surface area contributed by atoms with Crippen LogP contribution in [-0.2, 0) is 24.3 Å². The minimum atomic E-state index is -0.125. The van der Waals surface area contributed by atoms with Crippen LogP contribution in [-0.4, -0.2) is 15.9 Å². The Morgan fingerprint density at radius 1 is 1.08 bits per heavy atom. The molecule has 0 amide bonds. The molecular formula is C20H18NO2Rh-. The quantitative estimate of drug-likeness (QED) is 0.289. The summed E-state index contributed by atoms with van der Waals surface area (Å²) in [5, 5.41) is 10.7. The van der Waals surface area contributed by atoms with E-state index in [1.165, 1.54) is 30.7 Å². The van der Waals surface area contributed by atoms with Crippen molar-refractivity contribution in [3.8, 4) is 11.3 Å². The van der Waals surface area contributed by atoms with Gasteiger partial charge in [0.25, 0.3) is 0 Å². The first-order valence-electron chi connectivity index (χ1n) is 7.26. The summed E-state index contributed by atoms with van der Waals surface area (Å²) in [5.41, 5.74) is 2.04. The summed E-state index contributed by atoms with van der Waals surface area (Å²) in [6, 6.07) is 21.4. The van der Waals surface area contributed by atoms with Gasteiger partial charge in [-0.3, -0.25) is 4.79 Å². The zero-order valence-electron chi connectivity index (χ0n) is 13.5. The summed E-state index contributed by atoms with van der Waals surface area (Å²) >= 11 is 0. The molecule has 1 aromatic heterocycles. The van der Waals surface area contributed by atoms with Gasteiger partial charge in [0.15, 0.2) is 5.78 Å². The van der Waals surface area contributed by atoms with Gasteiger partial charge in [-0.05, 0) is 36.4 Å². The topological polar surface area (TPSA) is 50.2 Å². The Balaban J connectivity index is 0.000000312. The molecule has 0 aliphatic rings. The number of fused-ring (bicyclic) bond motifs is 1. The van der Waals surface area contributed by atoms with E-state index in [2.05, 4.69) is 23.2 Å². The van der Waals surface area contributed by atoms with Crippen molar-refractivity contribution in [1.29, 1.82) is 0 Å². The van der Waals surface area contributed by atoms with Crippen LogP contribution in [0.1, 0.15) is 13.8 Å². The molecule has 3 rings (SSSR count).